The molecule has 1 aromatic heterocycles. The van der Waals surface area contributed by atoms with Crippen LogP contribution in [-0.2, 0) is 4.79 Å². The average molecular weight is 380 g/mol. The number of carbonyl (C=O) groups is 1. The third-order valence-electron chi connectivity index (χ3n) is 5.72. The molecule has 3 atom stereocenters. The molecule has 4 rings (SSSR count). The first kappa shape index (κ1) is 18.8. The second kappa shape index (κ2) is 7.46. The Bertz CT molecular complexity index is 862. The molecule has 1 aliphatic carbocycles. The number of rotatable bonds is 5. The number of carbonyl (C=O) groups excluding carboxylic acids is 1. The summed E-state index contributed by atoms with van der Waals surface area (Å²) in [6.45, 7) is 7.93. The van der Waals surface area contributed by atoms with Gasteiger partial charge in [-0.15, -0.1) is 0 Å². The van der Waals surface area contributed by atoms with Gasteiger partial charge in [-0.25, -0.2) is 0 Å². The van der Waals surface area contributed by atoms with E-state index in [1.54, 1.807) is 6.92 Å². The zero-order valence-electron chi connectivity index (χ0n) is 17.1. The normalized spacial score (nSPS) is 24.0. The SMILES string of the molecule is CC(=O)N1c2ccccc2C(Nc2cccc(OC(C)C)n2)[C@@H](C)C1C1CC1. The molecule has 148 valence electrons. The smallest absolute Gasteiger partial charge is 0.224 e. The van der Waals surface area contributed by atoms with Gasteiger partial charge in [0.25, 0.3) is 0 Å². The van der Waals surface area contributed by atoms with Gasteiger partial charge in [0, 0.05) is 30.6 Å². The highest BCUT2D eigenvalue weighted by Crippen LogP contribution is 2.49. The second-order valence-electron chi connectivity index (χ2n) is 8.28. The maximum Gasteiger partial charge on any atom is 0.224 e. The second-order valence-corrected chi connectivity index (χ2v) is 8.28. The molecule has 5 nitrogen and oxygen atoms in total. The molecule has 1 aliphatic heterocycles. The molecule has 28 heavy (non-hydrogen) atoms. The van der Waals surface area contributed by atoms with Crippen LogP contribution in [0.4, 0.5) is 11.5 Å². The van der Waals surface area contributed by atoms with Crippen LogP contribution in [-0.4, -0.2) is 23.0 Å². The van der Waals surface area contributed by atoms with E-state index in [0.717, 1.165) is 17.1 Å². The minimum atomic E-state index is 0.0838. The minimum absolute atomic E-state index is 0.0838. The van der Waals surface area contributed by atoms with E-state index in [-0.39, 0.29) is 30.0 Å². The Labute approximate surface area is 167 Å². The van der Waals surface area contributed by atoms with E-state index < -0.39 is 0 Å². The number of hydrogen-bond acceptors (Lipinski definition) is 4. The fourth-order valence-corrected chi connectivity index (χ4v) is 4.47. The van der Waals surface area contributed by atoms with Crippen LogP contribution in [0.25, 0.3) is 0 Å². The van der Waals surface area contributed by atoms with Crippen molar-refractivity contribution in [3.63, 3.8) is 0 Å². The number of aromatic nitrogens is 1. The van der Waals surface area contributed by atoms with E-state index >= 15 is 0 Å². The molecular weight excluding hydrogens is 350 g/mol. The highest BCUT2D eigenvalue weighted by molar-refractivity contribution is 5.94. The van der Waals surface area contributed by atoms with Crippen molar-refractivity contribution in [3.8, 4) is 5.88 Å². The number of ether oxygens (including phenoxy) is 1. The van der Waals surface area contributed by atoms with Gasteiger partial charge in [0.2, 0.25) is 11.8 Å². The number of anilines is 2. The van der Waals surface area contributed by atoms with Crippen molar-refractivity contribution in [1.29, 1.82) is 0 Å². The van der Waals surface area contributed by atoms with Crippen molar-refractivity contribution in [1.82, 2.24) is 4.98 Å². The summed E-state index contributed by atoms with van der Waals surface area (Å²) in [5, 5.41) is 3.64. The summed E-state index contributed by atoms with van der Waals surface area (Å²) in [6, 6.07) is 14.4. The van der Waals surface area contributed by atoms with Crippen LogP contribution in [0.1, 0.15) is 52.1 Å². The molecule has 1 saturated carbocycles. The predicted octanol–water partition coefficient (Wildman–Crippen LogP) is 4.80. The molecule has 0 saturated heterocycles. The van der Waals surface area contributed by atoms with Crippen LogP contribution in [0, 0.1) is 11.8 Å². The molecule has 5 heteroatoms. The lowest BCUT2D eigenvalue weighted by molar-refractivity contribution is -0.117. The molecule has 2 unspecified atom stereocenters. The molecule has 1 amide bonds. The largest absolute Gasteiger partial charge is 0.475 e. The van der Waals surface area contributed by atoms with Gasteiger partial charge < -0.3 is 15.0 Å². The van der Waals surface area contributed by atoms with Crippen LogP contribution >= 0.6 is 0 Å². The van der Waals surface area contributed by atoms with Crippen molar-refractivity contribution in [2.24, 2.45) is 11.8 Å². The van der Waals surface area contributed by atoms with E-state index in [1.807, 2.05) is 49.1 Å². The summed E-state index contributed by atoms with van der Waals surface area (Å²) in [7, 11) is 0. The van der Waals surface area contributed by atoms with Gasteiger partial charge >= 0.3 is 0 Å². The molecular formula is C23H29N3O2. The van der Waals surface area contributed by atoms with Crippen molar-refractivity contribution < 1.29 is 9.53 Å². The monoisotopic (exact) mass is 379 g/mol. The van der Waals surface area contributed by atoms with Gasteiger partial charge in [0.1, 0.15) is 5.82 Å². The van der Waals surface area contributed by atoms with Crippen LogP contribution in [0.3, 0.4) is 0 Å². The first-order chi connectivity index (χ1) is 13.5. The molecule has 2 aliphatic rings. The van der Waals surface area contributed by atoms with Crippen molar-refractivity contribution in [2.75, 3.05) is 10.2 Å². The lowest BCUT2D eigenvalue weighted by atomic mass is 9.80. The first-order valence-electron chi connectivity index (χ1n) is 10.2. The van der Waals surface area contributed by atoms with E-state index in [1.165, 1.54) is 12.8 Å². The maximum absolute atomic E-state index is 12.5. The molecule has 1 aromatic carbocycles. The number of hydrogen-bond donors (Lipinski definition) is 1. The minimum Gasteiger partial charge on any atom is -0.475 e. The van der Waals surface area contributed by atoms with Crippen molar-refractivity contribution >= 4 is 17.4 Å². The van der Waals surface area contributed by atoms with Crippen LogP contribution < -0.4 is 15.0 Å². The average Bonchev–Trinajstić information content (AvgIpc) is 3.48. The fourth-order valence-electron chi connectivity index (χ4n) is 4.47. The molecule has 2 aromatic rings. The summed E-state index contributed by atoms with van der Waals surface area (Å²) in [4.78, 5) is 19.2. The van der Waals surface area contributed by atoms with E-state index in [9.17, 15) is 4.79 Å². The van der Waals surface area contributed by atoms with Gasteiger partial charge in [-0.2, -0.15) is 4.98 Å². The molecule has 2 heterocycles. The van der Waals surface area contributed by atoms with E-state index in [0.29, 0.717) is 11.8 Å². The summed E-state index contributed by atoms with van der Waals surface area (Å²) in [5.74, 6) is 2.42. The summed E-state index contributed by atoms with van der Waals surface area (Å²) in [5.41, 5.74) is 2.18. The van der Waals surface area contributed by atoms with Gasteiger partial charge in [0.15, 0.2) is 0 Å². The quantitative estimate of drug-likeness (QED) is 0.810. The van der Waals surface area contributed by atoms with Crippen molar-refractivity contribution in [2.45, 2.75) is 58.7 Å². The summed E-state index contributed by atoms with van der Waals surface area (Å²) < 4.78 is 5.75. The summed E-state index contributed by atoms with van der Waals surface area (Å²) in [6.07, 6.45) is 2.48. The Morgan fingerprint density at radius 3 is 2.61 bits per heavy atom. The summed E-state index contributed by atoms with van der Waals surface area (Å²) >= 11 is 0. The van der Waals surface area contributed by atoms with Crippen molar-refractivity contribution in [3.05, 3.63) is 48.0 Å². The standard InChI is InChI=1S/C23H29N3O2/c1-14(2)28-21-11-7-10-20(24-21)25-22-15(3)23(17-12-13-17)26(16(4)27)19-9-6-5-8-18(19)22/h5-11,14-15,17,22-23H,12-13H2,1-4H3,(H,24,25)/t15-,22?,23?/m1/s1. The third-order valence-corrected chi connectivity index (χ3v) is 5.72. The van der Waals surface area contributed by atoms with Crippen LogP contribution in [0.5, 0.6) is 5.88 Å². The Morgan fingerprint density at radius 1 is 1.18 bits per heavy atom. The van der Waals surface area contributed by atoms with Gasteiger partial charge in [-0.3, -0.25) is 4.79 Å². The maximum atomic E-state index is 12.5. The highest BCUT2D eigenvalue weighted by Gasteiger charge is 2.47. The highest BCUT2D eigenvalue weighted by atomic mass is 16.5. The lowest BCUT2D eigenvalue weighted by Gasteiger charge is -2.45. The first-order valence-corrected chi connectivity index (χ1v) is 10.2. The van der Waals surface area contributed by atoms with Crippen LogP contribution in [0.15, 0.2) is 42.5 Å². The number of pyridine rings is 1. The van der Waals surface area contributed by atoms with Gasteiger partial charge in [-0.05, 0) is 50.3 Å². The Morgan fingerprint density at radius 2 is 1.93 bits per heavy atom. The number of benzene rings is 1. The number of fused-ring (bicyclic) bond motifs is 1. The third kappa shape index (κ3) is 3.58. The Kier molecular flexibility index (Phi) is 5.00. The number of nitrogens with one attached hydrogen (secondary N) is 1. The molecule has 0 bridgehead atoms. The van der Waals surface area contributed by atoms with E-state index in [4.69, 9.17) is 4.74 Å². The molecule has 0 radical (unpaired) electrons. The van der Waals surface area contributed by atoms with E-state index in [2.05, 4.69) is 29.4 Å². The zero-order chi connectivity index (χ0) is 19.8. The number of para-hydroxylation sites is 1. The molecule has 1 fully saturated rings. The lowest BCUT2D eigenvalue weighted by Crippen LogP contribution is -2.51. The number of nitrogens with zero attached hydrogens (tertiary/aromatic N) is 2. The topological polar surface area (TPSA) is 54.5 Å². The molecule has 1 N–H and O–H groups in total. The predicted molar refractivity (Wildman–Crippen MR) is 112 cm³/mol. The molecule has 0 spiro atoms. The van der Waals surface area contributed by atoms with Gasteiger partial charge in [0.05, 0.1) is 12.1 Å². The van der Waals surface area contributed by atoms with Gasteiger partial charge in [-0.1, -0.05) is 31.2 Å². The Balaban J connectivity index is 1.70. The Hall–Kier alpha value is -2.56. The zero-order valence-corrected chi connectivity index (χ0v) is 17.1. The van der Waals surface area contributed by atoms with Crippen LogP contribution in [0.2, 0.25) is 0 Å². The fraction of sp³-hybridized carbons (Fsp3) is 0.478. The number of amides is 1.